The topological polar surface area (TPSA) is 98.5 Å². The molecule has 0 aliphatic heterocycles. The van der Waals surface area contributed by atoms with Gasteiger partial charge in [0.1, 0.15) is 11.4 Å². The van der Waals surface area contributed by atoms with Gasteiger partial charge in [-0.05, 0) is 32.0 Å². The maximum atomic E-state index is 12.2. The molecule has 7 nitrogen and oxygen atoms in total. The maximum Gasteiger partial charge on any atom is 0.269 e. The number of aromatic nitrogens is 1. The Morgan fingerprint density at radius 3 is 2.62 bits per heavy atom. The van der Waals surface area contributed by atoms with Gasteiger partial charge < -0.3 is 9.26 Å². The Kier molecular flexibility index (Phi) is 3.99. The summed E-state index contributed by atoms with van der Waals surface area (Å²) in [5.74, 6) is -0.176. The summed E-state index contributed by atoms with van der Waals surface area (Å²) in [5.41, 5.74) is 0.364. The first-order valence-corrected chi connectivity index (χ1v) is 7.47. The van der Waals surface area contributed by atoms with E-state index in [1.165, 1.54) is 33.1 Å². The number of amides is 1. The fourth-order valence-corrected chi connectivity index (χ4v) is 3.16. The van der Waals surface area contributed by atoms with Gasteiger partial charge in [-0.1, -0.05) is 11.2 Å². The minimum Gasteiger partial charge on any atom is -0.497 e. The number of benzene rings is 1. The molecule has 0 atom stereocenters. The fourth-order valence-electron chi connectivity index (χ4n) is 1.85. The van der Waals surface area contributed by atoms with Crippen LogP contribution in [0.5, 0.6) is 5.75 Å². The molecule has 0 saturated carbocycles. The molecule has 0 unspecified atom stereocenters. The summed E-state index contributed by atoms with van der Waals surface area (Å²) in [5, 5.41) is 3.56. The van der Waals surface area contributed by atoms with E-state index in [4.69, 9.17) is 9.26 Å². The van der Waals surface area contributed by atoms with E-state index in [0.29, 0.717) is 5.75 Å². The molecular weight excluding hydrogens is 296 g/mol. The Labute approximate surface area is 121 Å². The molecule has 0 bridgehead atoms. The van der Waals surface area contributed by atoms with Crippen LogP contribution in [0.2, 0.25) is 0 Å². The largest absolute Gasteiger partial charge is 0.497 e. The molecule has 1 aromatic carbocycles. The Morgan fingerprint density at radius 1 is 1.33 bits per heavy atom. The van der Waals surface area contributed by atoms with E-state index in [0.717, 1.165) is 0 Å². The second kappa shape index (κ2) is 5.57. The lowest BCUT2D eigenvalue weighted by Crippen LogP contribution is -2.31. The number of aryl methyl sites for hydroxylation is 2. The monoisotopic (exact) mass is 310 g/mol. The molecule has 0 radical (unpaired) electrons. The molecule has 112 valence electrons. The number of methoxy groups -OCH3 is 1. The average molecular weight is 310 g/mol. The Bertz CT molecular complexity index is 760. The van der Waals surface area contributed by atoms with Crippen LogP contribution in [0.4, 0.5) is 0 Å². The van der Waals surface area contributed by atoms with Crippen LogP contribution < -0.4 is 9.46 Å². The molecule has 21 heavy (non-hydrogen) atoms. The lowest BCUT2D eigenvalue weighted by Gasteiger charge is -2.07. The average Bonchev–Trinajstić information content (AvgIpc) is 2.78. The summed E-state index contributed by atoms with van der Waals surface area (Å²) in [4.78, 5) is 11.9. The summed E-state index contributed by atoms with van der Waals surface area (Å²) in [6.07, 6.45) is 0. The minimum absolute atomic E-state index is 0.124. The molecule has 0 saturated heterocycles. The van der Waals surface area contributed by atoms with E-state index in [9.17, 15) is 13.2 Å². The van der Waals surface area contributed by atoms with Gasteiger partial charge in [0, 0.05) is 5.56 Å². The zero-order valence-electron chi connectivity index (χ0n) is 11.7. The number of carbonyl (C=O) groups excluding carboxylic acids is 1. The van der Waals surface area contributed by atoms with Gasteiger partial charge >= 0.3 is 0 Å². The van der Waals surface area contributed by atoms with Crippen molar-refractivity contribution in [1.29, 1.82) is 0 Å². The zero-order valence-corrected chi connectivity index (χ0v) is 12.5. The van der Waals surface area contributed by atoms with Crippen LogP contribution in [0.15, 0.2) is 33.7 Å². The van der Waals surface area contributed by atoms with Crippen molar-refractivity contribution in [3.63, 3.8) is 0 Å². The van der Waals surface area contributed by atoms with Crippen molar-refractivity contribution in [3.05, 3.63) is 41.3 Å². The Balaban J connectivity index is 2.30. The third-order valence-corrected chi connectivity index (χ3v) is 4.37. The van der Waals surface area contributed by atoms with E-state index in [-0.39, 0.29) is 21.9 Å². The van der Waals surface area contributed by atoms with Gasteiger partial charge in [-0.25, -0.2) is 13.1 Å². The van der Waals surface area contributed by atoms with Gasteiger partial charge in [0.2, 0.25) is 0 Å². The molecular formula is C13H14N2O5S. The summed E-state index contributed by atoms with van der Waals surface area (Å²) in [7, 11) is -2.59. The van der Waals surface area contributed by atoms with Crippen LogP contribution in [0.25, 0.3) is 0 Å². The standard InChI is InChI=1S/C13H14N2O5S/c1-8-12(9(2)20-14-8)21(17,18)15-13(16)10-5-4-6-11(7-10)19-3/h4-7H,1-3H3,(H,15,16). The molecule has 1 aromatic heterocycles. The fraction of sp³-hybridized carbons (Fsp3) is 0.231. The SMILES string of the molecule is COc1cccc(C(=O)NS(=O)(=O)c2c(C)noc2C)c1. The molecule has 1 heterocycles. The predicted octanol–water partition coefficient (Wildman–Crippen LogP) is 1.42. The highest BCUT2D eigenvalue weighted by Gasteiger charge is 2.26. The van der Waals surface area contributed by atoms with E-state index in [2.05, 4.69) is 5.16 Å². The minimum atomic E-state index is -4.04. The predicted molar refractivity (Wildman–Crippen MR) is 73.6 cm³/mol. The molecule has 8 heteroatoms. The summed E-state index contributed by atoms with van der Waals surface area (Å²) in [6, 6.07) is 6.18. The number of rotatable bonds is 4. The molecule has 0 spiro atoms. The first-order chi connectivity index (χ1) is 9.85. The van der Waals surface area contributed by atoms with Gasteiger partial charge in [-0.15, -0.1) is 0 Å². The van der Waals surface area contributed by atoms with E-state index >= 15 is 0 Å². The van der Waals surface area contributed by atoms with Crippen molar-refractivity contribution in [1.82, 2.24) is 9.88 Å². The molecule has 1 N–H and O–H groups in total. The number of sulfonamides is 1. The summed E-state index contributed by atoms with van der Waals surface area (Å²) >= 11 is 0. The van der Waals surface area contributed by atoms with Crippen LogP contribution in [0.1, 0.15) is 21.8 Å². The van der Waals surface area contributed by atoms with Crippen LogP contribution in [-0.4, -0.2) is 26.6 Å². The van der Waals surface area contributed by atoms with E-state index in [1.807, 2.05) is 4.72 Å². The second-order valence-corrected chi connectivity index (χ2v) is 5.94. The van der Waals surface area contributed by atoms with Gasteiger partial charge in [0.15, 0.2) is 10.7 Å². The first-order valence-electron chi connectivity index (χ1n) is 5.99. The highest BCUT2D eigenvalue weighted by molar-refractivity contribution is 7.90. The smallest absolute Gasteiger partial charge is 0.269 e. The normalized spacial score (nSPS) is 11.2. The number of hydrogen-bond donors (Lipinski definition) is 1. The first kappa shape index (κ1) is 15.0. The quantitative estimate of drug-likeness (QED) is 0.917. The molecule has 0 aliphatic carbocycles. The van der Waals surface area contributed by atoms with Crippen molar-refractivity contribution in [2.75, 3.05) is 7.11 Å². The molecule has 2 rings (SSSR count). The lowest BCUT2D eigenvalue weighted by molar-refractivity contribution is 0.0981. The Hall–Kier alpha value is -2.35. The molecule has 2 aromatic rings. The number of carbonyl (C=O) groups is 1. The van der Waals surface area contributed by atoms with Crippen LogP contribution >= 0.6 is 0 Å². The third kappa shape index (κ3) is 3.05. The Morgan fingerprint density at radius 2 is 2.05 bits per heavy atom. The van der Waals surface area contributed by atoms with Crippen molar-refractivity contribution in [2.24, 2.45) is 0 Å². The van der Waals surface area contributed by atoms with Crippen molar-refractivity contribution >= 4 is 15.9 Å². The summed E-state index contributed by atoms with van der Waals surface area (Å²) in [6.45, 7) is 2.95. The van der Waals surface area contributed by atoms with Gasteiger partial charge in [-0.3, -0.25) is 4.79 Å². The van der Waals surface area contributed by atoms with Crippen LogP contribution in [0.3, 0.4) is 0 Å². The van der Waals surface area contributed by atoms with Crippen molar-refractivity contribution < 1.29 is 22.5 Å². The molecule has 0 aliphatic rings. The van der Waals surface area contributed by atoms with E-state index < -0.39 is 15.9 Å². The third-order valence-electron chi connectivity index (χ3n) is 2.80. The number of hydrogen-bond acceptors (Lipinski definition) is 6. The summed E-state index contributed by atoms with van der Waals surface area (Å²) < 4.78 is 36.2. The molecule has 1 amide bonds. The maximum absolute atomic E-state index is 12.2. The number of ether oxygens (including phenoxy) is 1. The van der Waals surface area contributed by atoms with Crippen molar-refractivity contribution in [3.8, 4) is 5.75 Å². The number of nitrogens with zero attached hydrogens (tertiary/aromatic N) is 1. The van der Waals surface area contributed by atoms with Crippen LogP contribution in [0, 0.1) is 13.8 Å². The highest BCUT2D eigenvalue weighted by Crippen LogP contribution is 2.19. The van der Waals surface area contributed by atoms with E-state index in [1.54, 1.807) is 12.1 Å². The van der Waals surface area contributed by atoms with Gasteiger partial charge in [0.25, 0.3) is 15.9 Å². The second-order valence-electron chi connectivity index (χ2n) is 4.32. The molecule has 0 fully saturated rings. The van der Waals surface area contributed by atoms with Gasteiger partial charge in [0.05, 0.1) is 7.11 Å². The lowest BCUT2D eigenvalue weighted by atomic mass is 10.2. The van der Waals surface area contributed by atoms with Crippen molar-refractivity contribution in [2.45, 2.75) is 18.7 Å². The number of nitrogens with one attached hydrogen (secondary N) is 1. The zero-order chi connectivity index (χ0) is 15.6. The van der Waals surface area contributed by atoms with Gasteiger partial charge in [-0.2, -0.15) is 0 Å². The highest BCUT2D eigenvalue weighted by atomic mass is 32.2. The van der Waals surface area contributed by atoms with Crippen LogP contribution in [-0.2, 0) is 10.0 Å².